The standard InChI is InChI=1S/C24H20ClNO3/c1-28-23(27)24(16-17-12-14-20(25)15-13-17)21(18-8-4-2-5-9-18)29-22(26-24)19-10-6-3-7-11-19/h2-15,21H,16H2,1H3/t21-,24-/m0/s1. The predicted molar refractivity (Wildman–Crippen MR) is 113 cm³/mol. The summed E-state index contributed by atoms with van der Waals surface area (Å²) in [5, 5.41) is 0.636. The van der Waals surface area contributed by atoms with Crippen LogP contribution in [0.25, 0.3) is 0 Å². The molecule has 0 unspecified atom stereocenters. The van der Waals surface area contributed by atoms with Crippen LogP contribution in [0.3, 0.4) is 0 Å². The minimum atomic E-state index is -1.24. The first-order valence-corrected chi connectivity index (χ1v) is 9.70. The van der Waals surface area contributed by atoms with Gasteiger partial charge in [0.1, 0.15) is 0 Å². The Labute approximate surface area is 174 Å². The van der Waals surface area contributed by atoms with Crippen molar-refractivity contribution in [3.8, 4) is 0 Å². The highest BCUT2D eigenvalue weighted by Gasteiger charge is 2.54. The highest BCUT2D eigenvalue weighted by atomic mass is 35.5. The summed E-state index contributed by atoms with van der Waals surface area (Å²) in [6, 6.07) is 26.6. The number of esters is 1. The molecule has 2 atom stereocenters. The number of carbonyl (C=O) groups excluding carboxylic acids is 1. The summed E-state index contributed by atoms with van der Waals surface area (Å²) >= 11 is 6.04. The Bertz CT molecular complexity index is 1020. The van der Waals surface area contributed by atoms with Crippen molar-refractivity contribution in [1.82, 2.24) is 0 Å². The quantitative estimate of drug-likeness (QED) is 0.560. The van der Waals surface area contributed by atoms with Gasteiger partial charge in [0, 0.05) is 17.0 Å². The number of halogens is 1. The van der Waals surface area contributed by atoms with Crippen molar-refractivity contribution in [1.29, 1.82) is 0 Å². The van der Waals surface area contributed by atoms with Gasteiger partial charge in [-0.15, -0.1) is 0 Å². The van der Waals surface area contributed by atoms with Gasteiger partial charge in [0.05, 0.1) is 7.11 Å². The van der Waals surface area contributed by atoms with Crippen molar-refractivity contribution in [2.24, 2.45) is 4.99 Å². The second-order valence-corrected chi connectivity index (χ2v) is 7.35. The lowest BCUT2D eigenvalue weighted by atomic mass is 9.83. The maximum Gasteiger partial charge on any atom is 0.338 e. The monoisotopic (exact) mass is 405 g/mol. The van der Waals surface area contributed by atoms with Crippen LogP contribution in [-0.2, 0) is 20.7 Å². The van der Waals surface area contributed by atoms with Gasteiger partial charge in [0.2, 0.25) is 11.4 Å². The fourth-order valence-corrected chi connectivity index (χ4v) is 3.73. The van der Waals surface area contributed by atoms with Crippen molar-refractivity contribution >= 4 is 23.5 Å². The average Bonchev–Trinajstić information content (AvgIpc) is 3.16. The summed E-state index contributed by atoms with van der Waals surface area (Å²) < 4.78 is 11.5. The van der Waals surface area contributed by atoms with Crippen molar-refractivity contribution < 1.29 is 14.3 Å². The van der Waals surface area contributed by atoms with Crippen molar-refractivity contribution in [2.45, 2.75) is 18.1 Å². The highest BCUT2D eigenvalue weighted by Crippen LogP contribution is 2.43. The molecular weight excluding hydrogens is 386 g/mol. The molecule has 4 rings (SSSR count). The van der Waals surface area contributed by atoms with E-state index in [0.717, 1.165) is 16.7 Å². The summed E-state index contributed by atoms with van der Waals surface area (Å²) in [4.78, 5) is 18.0. The Morgan fingerprint density at radius 3 is 2.24 bits per heavy atom. The number of carbonyl (C=O) groups is 1. The van der Waals surface area contributed by atoms with Gasteiger partial charge in [-0.25, -0.2) is 9.79 Å². The first kappa shape index (κ1) is 19.2. The normalized spacial score (nSPS) is 20.6. The Morgan fingerprint density at radius 1 is 1.00 bits per heavy atom. The van der Waals surface area contributed by atoms with Gasteiger partial charge in [-0.3, -0.25) is 0 Å². The third-order valence-corrected chi connectivity index (χ3v) is 5.27. The molecule has 1 aliphatic rings. The highest BCUT2D eigenvalue weighted by molar-refractivity contribution is 6.30. The van der Waals surface area contributed by atoms with Gasteiger partial charge in [0.25, 0.3) is 0 Å². The number of aliphatic imine (C=N–C) groups is 1. The van der Waals surface area contributed by atoms with Crippen LogP contribution in [0.4, 0.5) is 0 Å². The van der Waals surface area contributed by atoms with E-state index in [-0.39, 0.29) is 0 Å². The summed E-state index contributed by atoms with van der Waals surface area (Å²) in [5.74, 6) is -0.00829. The Hall–Kier alpha value is -3.11. The molecule has 0 saturated heterocycles. The molecule has 146 valence electrons. The largest absolute Gasteiger partial charge is 0.467 e. The van der Waals surface area contributed by atoms with E-state index in [1.807, 2.05) is 72.8 Å². The fourth-order valence-electron chi connectivity index (χ4n) is 3.61. The zero-order valence-corrected chi connectivity index (χ0v) is 16.7. The molecule has 0 bridgehead atoms. The second kappa shape index (κ2) is 8.10. The molecule has 3 aromatic carbocycles. The van der Waals surface area contributed by atoms with E-state index in [9.17, 15) is 4.79 Å². The number of nitrogens with zero attached hydrogens (tertiary/aromatic N) is 1. The van der Waals surface area contributed by atoms with E-state index in [1.165, 1.54) is 7.11 Å². The Balaban J connectivity index is 1.85. The van der Waals surface area contributed by atoms with Gasteiger partial charge in [-0.05, 0) is 35.4 Å². The van der Waals surface area contributed by atoms with Gasteiger partial charge in [-0.2, -0.15) is 0 Å². The third-order valence-electron chi connectivity index (χ3n) is 5.01. The van der Waals surface area contributed by atoms with E-state index < -0.39 is 17.6 Å². The van der Waals surface area contributed by atoms with E-state index in [0.29, 0.717) is 17.3 Å². The van der Waals surface area contributed by atoms with Crippen LogP contribution in [0.15, 0.2) is 89.9 Å². The number of hydrogen-bond acceptors (Lipinski definition) is 4. The molecule has 5 heteroatoms. The SMILES string of the molecule is COC(=O)[C@@]1(Cc2ccc(Cl)cc2)N=C(c2ccccc2)O[C@H]1c1ccccc1. The van der Waals surface area contributed by atoms with E-state index in [1.54, 1.807) is 12.1 Å². The van der Waals surface area contributed by atoms with Crippen LogP contribution in [0.1, 0.15) is 22.8 Å². The summed E-state index contributed by atoms with van der Waals surface area (Å²) in [6.07, 6.45) is -0.283. The number of rotatable bonds is 5. The van der Waals surface area contributed by atoms with Crippen molar-refractivity contribution in [2.75, 3.05) is 7.11 Å². The second-order valence-electron chi connectivity index (χ2n) is 6.91. The molecule has 0 aliphatic carbocycles. The van der Waals surface area contributed by atoms with Crippen LogP contribution in [-0.4, -0.2) is 24.5 Å². The molecule has 0 aromatic heterocycles. The molecule has 3 aromatic rings. The van der Waals surface area contributed by atoms with Gasteiger partial charge in [-0.1, -0.05) is 72.3 Å². The molecule has 0 N–H and O–H groups in total. The molecule has 29 heavy (non-hydrogen) atoms. The summed E-state index contributed by atoms with van der Waals surface area (Å²) in [6.45, 7) is 0. The minimum Gasteiger partial charge on any atom is -0.467 e. The molecule has 0 amide bonds. The first-order valence-electron chi connectivity index (χ1n) is 9.32. The summed E-state index contributed by atoms with van der Waals surface area (Å²) in [5.41, 5.74) is 1.36. The number of methoxy groups -OCH3 is 1. The average molecular weight is 406 g/mol. The topological polar surface area (TPSA) is 47.9 Å². The lowest BCUT2D eigenvalue weighted by Gasteiger charge is -2.29. The predicted octanol–water partition coefficient (Wildman–Crippen LogP) is 5.01. The van der Waals surface area contributed by atoms with Crippen molar-refractivity contribution in [3.63, 3.8) is 0 Å². The van der Waals surface area contributed by atoms with Crippen LogP contribution >= 0.6 is 11.6 Å². The number of ether oxygens (including phenoxy) is 2. The van der Waals surface area contributed by atoms with Gasteiger partial charge >= 0.3 is 5.97 Å². The molecule has 0 spiro atoms. The maximum absolute atomic E-state index is 13.1. The molecular formula is C24H20ClNO3. The molecule has 0 radical (unpaired) electrons. The first-order chi connectivity index (χ1) is 14.1. The molecule has 1 aliphatic heterocycles. The van der Waals surface area contributed by atoms with Crippen LogP contribution < -0.4 is 0 Å². The Morgan fingerprint density at radius 2 is 1.62 bits per heavy atom. The van der Waals surface area contributed by atoms with Crippen LogP contribution in [0, 0.1) is 0 Å². The molecule has 0 fully saturated rings. The zero-order valence-electron chi connectivity index (χ0n) is 15.9. The van der Waals surface area contributed by atoms with Crippen LogP contribution in [0.2, 0.25) is 5.02 Å². The smallest absolute Gasteiger partial charge is 0.338 e. The van der Waals surface area contributed by atoms with Gasteiger partial charge < -0.3 is 9.47 Å². The Kier molecular flexibility index (Phi) is 5.36. The van der Waals surface area contributed by atoms with Crippen molar-refractivity contribution in [3.05, 3.63) is 107 Å². The fraction of sp³-hybridized carbons (Fsp3) is 0.167. The minimum absolute atomic E-state index is 0.326. The van der Waals surface area contributed by atoms with Gasteiger partial charge in [0.15, 0.2) is 6.10 Å². The lowest BCUT2D eigenvalue weighted by Crippen LogP contribution is -2.44. The summed E-state index contributed by atoms with van der Waals surface area (Å²) in [7, 11) is 1.38. The lowest BCUT2D eigenvalue weighted by molar-refractivity contribution is -0.149. The molecule has 1 heterocycles. The molecule has 0 saturated carbocycles. The van der Waals surface area contributed by atoms with Crippen LogP contribution in [0.5, 0.6) is 0 Å². The zero-order chi connectivity index (χ0) is 20.3. The van der Waals surface area contributed by atoms with E-state index in [2.05, 4.69) is 0 Å². The number of benzene rings is 3. The van der Waals surface area contributed by atoms with E-state index >= 15 is 0 Å². The molecule has 4 nitrogen and oxygen atoms in total. The third kappa shape index (κ3) is 3.76. The number of hydrogen-bond donors (Lipinski definition) is 0. The van der Waals surface area contributed by atoms with E-state index in [4.69, 9.17) is 26.1 Å². The maximum atomic E-state index is 13.1.